The van der Waals surface area contributed by atoms with E-state index in [2.05, 4.69) is 0 Å². The lowest BCUT2D eigenvalue weighted by molar-refractivity contribution is -0.137. The van der Waals surface area contributed by atoms with Crippen LogP contribution in [-0.4, -0.2) is 22.2 Å². The van der Waals surface area contributed by atoms with Gasteiger partial charge in [0.1, 0.15) is 0 Å². The molecule has 4 heteroatoms. The fourth-order valence-electron chi connectivity index (χ4n) is 1.02. The first-order valence-electron chi connectivity index (χ1n) is 3.83. The highest BCUT2D eigenvalue weighted by Gasteiger charge is 2.16. The Hall–Kier alpha value is -1.06. The van der Waals surface area contributed by atoms with E-state index in [4.69, 9.17) is 10.2 Å². The molecule has 0 saturated heterocycles. The Balaban J connectivity index is 3.85. The molecule has 0 saturated carbocycles. The molecule has 0 aromatic rings. The van der Waals surface area contributed by atoms with Crippen LogP contribution in [0.5, 0.6) is 0 Å². The summed E-state index contributed by atoms with van der Waals surface area (Å²) in [5.74, 6) is -1.34. The van der Waals surface area contributed by atoms with Gasteiger partial charge in [0.2, 0.25) is 0 Å². The van der Waals surface area contributed by atoms with Crippen molar-refractivity contribution in [3.8, 4) is 0 Å². The molecule has 0 atom stereocenters. The third-order valence-corrected chi connectivity index (χ3v) is 1.41. The van der Waals surface area contributed by atoms with Crippen molar-refractivity contribution in [1.29, 1.82) is 0 Å². The molecule has 0 heterocycles. The van der Waals surface area contributed by atoms with Crippen molar-refractivity contribution in [1.82, 2.24) is 0 Å². The van der Waals surface area contributed by atoms with E-state index >= 15 is 0 Å². The average Bonchev–Trinajstić information content (AvgIpc) is 1.84. The molecule has 0 aliphatic heterocycles. The lowest BCUT2D eigenvalue weighted by atomic mass is 9.96. The fraction of sp³-hybridized carbons (Fsp3) is 0.625. The van der Waals surface area contributed by atoms with Gasteiger partial charge in [0.15, 0.2) is 0 Å². The molecule has 69 valence electrons. The van der Waals surface area contributed by atoms with Crippen molar-refractivity contribution in [2.75, 3.05) is 0 Å². The average molecular weight is 173 g/mol. The molecule has 0 bridgehead atoms. The summed E-state index contributed by atoms with van der Waals surface area (Å²) in [5.41, 5.74) is 0. The van der Waals surface area contributed by atoms with Crippen molar-refractivity contribution in [2.45, 2.75) is 32.6 Å². The molecule has 0 rings (SSSR count). The molecular formula is C8H13O4. The zero-order valence-corrected chi connectivity index (χ0v) is 7.04. The molecule has 0 spiro atoms. The van der Waals surface area contributed by atoms with Gasteiger partial charge in [0.25, 0.3) is 0 Å². The monoisotopic (exact) mass is 173 g/mol. The Morgan fingerprint density at radius 2 is 1.50 bits per heavy atom. The number of carbonyl (C=O) groups is 2. The maximum absolute atomic E-state index is 10.3. The van der Waals surface area contributed by atoms with Crippen LogP contribution in [0.3, 0.4) is 0 Å². The minimum Gasteiger partial charge on any atom is -0.481 e. The predicted octanol–water partition coefficient (Wildman–Crippen LogP) is 1.31. The van der Waals surface area contributed by atoms with Crippen LogP contribution in [0.4, 0.5) is 0 Å². The zero-order chi connectivity index (χ0) is 9.56. The molecule has 0 amide bonds. The summed E-state index contributed by atoms with van der Waals surface area (Å²) >= 11 is 0. The molecule has 12 heavy (non-hydrogen) atoms. The van der Waals surface area contributed by atoms with Gasteiger partial charge in [-0.2, -0.15) is 0 Å². The van der Waals surface area contributed by atoms with E-state index in [1.165, 1.54) is 0 Å². The van der Waals surface area contributed by atoms with E-state index in [0.717, 1.165) is 6.42 Å². The van der Waals surface area contributed by atoms with Gasteiger partial charge in [-0.05, 0) is 12.3 Å². The molecule has 0 aliphatic rings. The first-order valence-corrected chi connectivity index (χ1v) is 3.83. The van der Waals surface area contributed by atoms with Crippen LogP contribution in [0.15, 0.2) is 0 Å². The largest absolute Gasteiger partial charge is 0.481 e. The normalized spacial score (nSPS) is 10.2. The van der Waals surface area contributed by atoms with E-state index in [1.807, 2.05) is 6.92 Å². The second kappa shape index (κ2) is 5.57. The highest BCUT2D eigenvalue weighted by molar-refractivity contribution is 5.74. The molecule has 0 aromatic carbocycles. The summed E-state index contributed by atoms with van der Waals surface area (Å²) in [6.45, 7) is 1.89. The van der Waals surface area contributed by atoms with E-state index < -0.39 is 11.9 Å². The topological polar surface area (TPSA) is 74.6 Å². The van der Waals surface area contributed by atoms with Crippen molar-refractivity contribution >= 4 is 11.9 Å². The van der Waals surface area contributed by atoms with Gasteiger partial charge in [0, 0.05) is 0 Å². The third-order valence-electron chi connectivity index (χ3n) is 1.41. The first-order chi connectivity index (χ1) is 5.56. The number of carboxylic acid groups (broad SMARTS) is 2. The lowest BCUT2D eigenvalue weighted by Crippen LogP contribution is -2.10. The van der Waals surface area contributed by atoms with Crippen LogP contribution in [0, 0.1) is 5.92 Å². The van der Waals surface area contributed by atoms with E-state index in [1.54, 1.807) is 0 Å². The predicted molar refractivity (Wildman–Crippen MR) is 42.7 cm³/mol. The van der Waals surface area contributed by atoms with Crippen LogP contribution < -0.4 is 0 Å². The van der Waals surface area contributed by atoms with E-state index in [-0.39, 0.29) is 12.8 Å². The molecule has 0 fully saturated rings. The maximum Gasteiger partial charge on any atom is 0.303 e. The Morgan fingerprint density at radius 3 is 1.75 bits per heavy atom. The van der Waals surface area contributed by atoms with Crippen molar-refractivity contribution in [2.24, 2.45) is 0 Å². The number of hydrogen-bond donors (Lipinski definition) is 2. The Morgan fingerprint density at radius 1 is 1.08 bits per heavy atom. The Labute approximate surface area is 71.2 Å². The molecule has 4 nitrogen and oxygen atoms in total. The molecule has 2 N–H and O–H groups in total. The molecule has 0 unspecified atom stereocenters. The number of rotatable bonds is 6. The number of aliphatic carboxylic acids is 2. The molecule has 1 radical (unpaired) electrons. The summed E-state index contributed by atoms with van der Waals surface area (Å²) in [6.07, 6.45) is 1.12. The summed E-state index contributed by atoms with van der Waals surface area (Å²) in [5, 5.41) is 16.8. The highest BCUT2D eigenvalue weighted by atomic mass is 16.4. The summed E-state index contributed by atoms with van der Waals surface area (Å²) in [7, 11) is 0. The maximum atomic E-state index is 10.3. The molecule has 0 aliphatic carbocycles. The number of carboxylic acids is 2. The highest BCUT2D eigenvalue weighted by Crippen LogP contribution is 2.17. The van der Waals surface area contributed by atoms with Gasteiger partial charge >= 0.3 is 11.9 Å². The SMILES string of the molecule is CCC[C](CC(=O)O)CC(=O)O. The smallest absolute Gasteiger partial charge is 0.303 e. The Bertz CT molecular complexity index is 148. The van der Waals surface area contributed by atoms with E-state index in [0.29, 0.717) is 12.3 Å². The number of hydrogen-bond acceptors (Lipinski definition) is 2. The van der Waals surface area contributed by atoms with Gasteiger partial charge in [0.05, 0.1) is 12.8 Å². The van der Waals surface area contributed by atoms with Gasteiger partial charge < -0.3 is 10.2 Å². The summed E-state index contributed by atoms with van der Waals surface area (Å²) in [4.78, 5) is 20.5. The summed E-state index contributed by atoms with van der Waals surface area (Å²) in [6, 6.07) is 0. The Kier molecular flexibility index (Phi) is 5.08. The van der Waals surface area contributed by atoms with Crippen LogP contribution in [-0.2, 0) is 9.59 Å². The minimum atomic E-state index is -0.959. The van der Waals surface area contributed by atoms with Crippen LogP contribution in [0.25, 0.3) is 0 Å². The van der Waals surface area contributed by atoms with Crippen molar-refractivity contribution in [3.63, 3.8) is 0 Å². The van der Waals surface area contributed by atoms with Gasteiger partial charge in [-0.1, -0.05) is 13.3 Å². The second-order valence-corrected chi connectivity index (χ2v) is 2.64. The summed E-state index contributed by atoms with van der Waals surface area (Å²) < 4.78 is 0. The van der Waals surface area contributed by atoms with Crippen molar-refractivity contribution in [3.05, 3.63) is 5.92 Å². The van der Waals surface area contributed by atoms with Crippen LogP contribution in [0.1, 0.15) is 32.6 Å². The second-order valence-electron chi connectivity index (χ2n) is 2.64. The van der Waals surface area contributed by atoms with Gasteiger partial charge in [-0.25, -0.2) is 0 Å². The van der Waals surface area contributed by atoms with Crippen LogP contribution >= 0.6 is 0 Å². The molecular weight excluding hydrogens is 160 g/mol. The van der Waals surface area contributed by atoms with Crippen molar-refractivity contribution < 1.29 is 19.8 Å². The first kappa shape index (κ1) is 10.9. The zero-order valence-electron chi connectivity index (χ0n) is 7.04. The fourth-order valence-corrected chi connectivity index (χ4v) is 1.02. The quantitative estimate of drug-likeness (QED) is 0.635. The van der Waals surface area contributed by atoms with Gasteiger partial charge in [-0.15, -0.1) is 0 Å². The van der Waals surface area contributed by atoms with Gasteiger partial charge in [-0.3, -0.25) is 9.59 Å². The standard InChI is InChI=1S/C8H13O4/c1-2-3-6(4-7(9)10)5-8(11)12/h2-5H2,1H3,(H,9,10)(H,11,12). The minimum absolute atomic E-state index is 0.125. The molecule has 0 aromatic heterocycles. The van der Waals surface area contributed by atoms with E-state index in [9.17, 15) is 9.59 Å². The third kappa shape index (κ3) is 5.70. The lowest BCUT2D eigenvalue weighted by Gasteiger charge is -2.08. The van der Waals surface area contributed by atoms with Crippen LogP contribution in [0.2, 0.25) is 0 Å².